The van der Waals surface area contributed by atoms with E-state index in [0.29, 0.717) is 20.6 Å². The molecule has 3 heterocycles. The number of benzene rings is 2. The summed E-state index contributed by atoms with van der Waals surface area (Å²) in [6.45, 7) is 5.70. The number of hydrogen-bond donors (Lipinski definition) is 0. The first-order valence-electron chi connectivity index (χ1n) is 11.2. The van der Waals surface area contributed by atoms with E-state index in [2.05, 4.69) is 4.99 Å². The van der Waals surface area contributed by atoms with Gasteiger partial charge in [0.25, 0.3) is 5.56 Å². The zero-order valence-electron chi connectivity index (χ0n) is 19.9. The molecule has 0 bridgehead atoms. The number of nitrogens with zero attached hydrogens (tertiary/aromatic N) is 4. The molecule has 2 aromatic heterocycles. The van der Waals surface area contributed by atoms with Crippen molar-refractivity contribution in [2.45, 2.75) is 26.8 Å². The summed E-state index contributed by atoms with van der Waals surface area (Å²) in [7, 11) is 1.34. The molecule has 7 nitrogen and oxygen atoms in total. The maximum Gasteiger partial charge on any atom is 0.338 e. The van der Waals surface area contributed by atoms with Gasteiger partial charge in [-0.1, -0.05) is 59.9 Å². The summed E-state index contributed by atoms with van der Waals surface area (Å²) in [6.07, 6.45) is 1.88. The van der Waals surface area contributed by atoms with Gasteiger partial charge >= 0.3 is 5.97 Å². The number of aromatic nitrogens is 3. The average Bonchev–Trinajstić information content (AvgIpc) is 3.34. The second-order valence-electron chi connectivity index (χ2n) is 8.32. The number of allylic oxidation sites excluding steroid dienone is 1. The van der Waals surface area contributed by atoms with Crippen molar-refractivity contribution in [3.63, 3.8) is 0 Å². The molecule has 1 aliphatic heterocycles. The Kier molecular flexibility index (Phi) is 5.82. The van der Waals surface area contributed by atoms with E-state index < -0.39 is 12.0 Å². The molecule has 1 unspecified atom stereocenters. The fraction of sp³-hybridized carbons (Fsp3) is 0.185. The van der Waals surface area contributed by atoms with Crippen molar-refractivity contribution in [3.05, 3.63) is 114 Å². The molecule has 8 heteroatoms. The van der Waals surface area contributed by atoms with Crippen LogP contribution in [0.5, 0.6) is 0 Å². The van der Waals surface area contributed by atoms with Crippen LogP contribution < -0.4 is 14.9 Å². The van der Waals surface area contributed by atoms with E-state index in [1.54, 1.807) is 11.5 Å². The Bertz CT molecular complexity index is 1640. The number of esters is 1. The van der Waals surface area contributed by atoms with Crippen molar-refractivity contribution in [1.82, 2.24) is 14.3 Å². The van der Waals surface area contributed by atoms with E-state index in [1.165, 1.54) is 18.4 Å². The monoisotopic (exact) mass is 484 g/mol. The molecule has 0 amide bonds. The molecule has 0 spiro atoms. The van der Waals surface area contributed by atoms with Crippen molar-refractivity contribution in [2.24, 2.45) is 4.99 Å². The first-order chi connectivity index (χ1) is 16.9. The number of carbonyl (C=O) groups excluding carboxylic acids is 1. The van der Waals surface area contributed by atoms with Gasteiger partial charge in [0.1, 0.15) is 0 Å². The molecule has 0 aliphatic carbocycles. The van der Waals surface area contributed by atoms with E-state index in [9.17, 15) is 9.59 Å². The molecule has 0 saturated heterocycles. The molecule has 0 N–H and O–H groups in total. The summed E-state index contributed by atoms with van der Waals surface area (Å²) in [5.41, 5.74) is 5.12. The van der Waals surface area contributed by atoms with Gasteiger partial charge in [-0.05, 0) is 44.5 Å². The lowest BCUT2D eigenvalue weighted by Crippen LogP contribution is -2.39. The molecule has 0 radical (unpaired) electrons. The van der Waals surface area contributed by atoms with Crippen LogP contribution in [0, 0.1) is 13.8 Å². The van der Waals surface area contributed by atoms with Gasteiger partial charge in [0, 0.05) is 11.3 Å². The number of fused-ring (bicyclic) bond motifs is 1. The molecule has 35 heavy (non-hydrogen) atoms. The fourth-order valence-corrected chi connectivity index (χ4v) is 5.49. The number of methoxy groups -OCH3 is 1. The van der Waals surface area contributed by atoms with E-state index in [-0.39, 0.29) is 5.56 Å². The lowest BCUT2D eigenvalue weighted by atomic mass is 9.96. The molecule has 1 atom stereocenters. The topological polar surface area (TPSA) is 78.5 Å². The second kappa shape index (κ2) is 8.96. The minimum Gasteiger partial charge on any atom is -0.466 e. The van der Waals surface area contributed by atoms with Crippen LogP contribution in [0.3, 0.4) is 0 Å². The van der Waals surface area contributed by atoms with Crippen LogP contribution in [0.1, 0.15) is 35.5 Å². The van der Waals surface area contributed by atoms with Crippen LogP contribution in [0.2, 0.25) is 0 Å². The largest absolute Gasteiger partial charge is 0.466 e. The van der Waals surface area contributed by atoms with Crippen LogP contribution in [0.4, 0.5) is 0 Å². The maximum absolute atomic E-state index is 13.7. The normalized spacial score (nSPS) is 15.7. The van der Waals surface area contributed by atoms with Crippen LogP contribution in [-0.4, -0.2) is 27.4 Å². The smallest absolute Gasteiger partial charge is 0.338 e. The third-order valence-electron chi connectivity index (χ3n) is 6.17. The lowest BCUT2D eigenvalue weighted by Gasteiger charge is -2.24. The Morgan fingerprint density at radius 3 is 2.34 bits per heavy atom. The number of rotatable bonds is 4. The van der Waals surface area contributed by atoms with Crippen LogP contribution >= 0.6 is 11.3 Å². The van der Waals surface area contributed by atoms with E-state index in [1.807, 2.05) is 85.3 Å². The van der Waals surface area contributed by atoms with Crippen molar-refractivity contribution in [2.75, 3.05) is 7.11 Å². The third-order valence-corrected chi connectivity index (χ3v) is 7.15. The van der Waals surface area contributed by atoms with Gasteiger partial charge < -0.3 is 4.74 Å². The van der Waals surface area contributed by atoms with Crippen molar-refractivity contribution >= 4 is 23.4 Å². The van der Waals surface area contributed by atoms with Crippen molar-refractivity contribution < 1.29 is 9.53 Å². The van der Waals surface area contributed by atoms with E-state index in [0.717, 1.165) is 28.2 Å². The van der Waals surface area contributed by atoms with E-state index >= 15 is 0 Å². The Balaban J connectivity index is 1.72. The van der Waals surface area contributed by atoms with Gasteiger partial charge in [-0.15, -0.1) is 0 Å². The highest BCUT2D eigenvalue weighted by Crippen LogP contribution is 2.30. The van der Waals surface area contributed by atoms with Gasteiger partial charge in [0.2, 0.25) is 0 Å². The first kappa shape index (κ1) is 22.7. The number of hydrogen-bond acceptors (Lipinski definition) is 6. The predicted octanol–water partition coefficient (Wildman–Crippen LogP) is 3.21. The minimum absolute atomic E-state index is 0.206. The summed E-state index contributed by atoms with van der Waals surface area (Å²) in [5.74, 6) is -0.495. The highest BCUT2D eigenvalue weighted by atomic mass is 32.1. The number of ether oxygens (including phenoxy) is 1. The molecule has 0 fully saturated rings. The average molecular weight is 485 g/mol. The summed E-state index contributed by atoms with van der Waals surface area (Å²) >= 11 is 1.31. The lowest BCUT2D eigenvalue weighted by molar-refractivity contribution is -0.136. The SMILES string of the molecule is COC(=O)C1=C(C)N=c2s/c(=C/c3c(C)nn(-c4ccccc4)c3C)c(=O)n2C1c1ccccc1. The van der Waals surface area contributed by atoms with Crippen molar-refractivity contribution in [1.29, 1.82) is 0 Å². The third kappa shape index (κ3) is 3.85. The van der Waals surface area contributed by atoms with E-state index in [4.69, 9.17) is 9.84 Å². The Hall–Kier alpha value is -4.04. The molecular weight excluding hydrogens is 460 g/mol. The number of carbonyl (C=O) groups is 1. The highest BCUT2D eigenvalue weighted by Gasteiger charge is 2.33. The molecule has 5 rings (SSSR count). The zero-order valence-corrected chi connectivity index (χ0v) is 20.7. The fourth-order valence-electron chi connectivity index (χ4n) is 4.46. The van der Waals surface area contributed by atoms with Crippen LogP contribution in [-0.2, 0) is 9.53 Å². The summed E-state index contributed by atoms with van der Waals surface area (Å²) in [5, 5.41) is 4.70. The molecule has 0 saturated carbocycles. The predicted molar refractivity (Wildman–Crippen MR) is 135 cm³/mol. The maximum atomic E-state index is 13.7. The standard InChI is InChI=1S/C27H24N4O3S/c1-16-21(18(3)31(29-16)20-13-9-6-10-14-20)15-22-25(32)30-24(19-11-7-5-8-12-19)23(26(33)34-4)17(2)28-27(30)35-22/h5-15,24H,1-4H3/b22-15+. The number of aryl methyl sites for hydroxylation is 1. The van der Waals surface area contributed by atoms with Gasteiger partial charge in [-0.25, -0.2) is 14.5 Å². The Morgan fingerprint density at radius 2 is 1.69 bits per heavy atom. The first-order valence-corrected chi connectivity index (χ1v) is 12.0. The number of thiazole rings is 1. The minimum atomic E-state index is -0.615. The summed E-state index contributed by atoms with van der Waals surface area (Å²) in [4.78, 5) is 31.6. The molecule has 176 valence electrons. The van der Waals surface area contributed by atoms with Crippen molar-refractivity contribution in [3.8, 4) is 5.69 Å². The Morgan fingerprint density at radius 1 is 1.03 bits per heavy atom. The van der Waals surface area contributed by atoms with Gasteiger partial charge in [0.15, 0.2) is 4.80 Å². The van der Waals surface area contributed by atoms with Gasteiger partial charge in [0.05, 0.1) is 40.3 Å². The van der Waals surface area contributed by atoms with Gasteiger partial charge in [-0.2, -0.15) is 5.10 Å². The molecule has 2 aromatic carbocycles. The van der Waals surface area contributed by atoms with Gasteiger partial charge in [-0.3, -0.25) is 9.36 Å². The Labute approximate surface area is 206 Å². The number of para-hydroxylation sites is 1. The molecular formula is C27H24N4O3S. The zero-order chi connectivity index (χ0) is 24.7. The molecule has 1 aliphatic rings. The summed E-state index contributed by atoms with van der Waals surface area (Å²) in [6, 6.07) is 18.8. The summed E-state index contributed by atoms with van der Waals surface area (Å²) < 4.78 is 9.06. The highest BCUT2D eigenvalue weighted by molar-refractivity contribution is 7.07. The van der Waals surface area contributed by atoms with Crippen LogP contribution in [0.15, 0.2) is 81.7 Å². The molecule has 4 aromatic rings. The quantitative estimate of drug-likeness (QED) is 0.417. The van der Waals surface area contributed by atoms with Crippen LogP contribution in [0.25, 0.3) is 11.8 Å². The second-order valence-corrected chi connectivity index (χ2v) is 9.33.